The van der Waals surface area contributed by atoms with Crippen LogP contribution in [0, 0.1) is 46.0 Å². The second-order valence-electron chi connectivity index (χ2n) is 17.1. The van der Waals surface area contributed by atoms with Crippen molar-refractivity contribution in [2.45, 2.75) is 154 Å². The molecule has 2 aromatic rings. The summed E-state index contributed by atoms with van der Waals surface area (Å²) in [7, 11) is 0. The molecule has 1 N–H and O–H groups in total. The van der Waals surface area contributed by atoms with Crippen molar-refractivity contribution in [3.05, 3.63) is 16.9 Å². The monoisotopic (exact) mass is 643 g/mol. The van der Waals surface area contributed by atoms with Crippen molar-refractivity contribution >= 4 is 27.2 Å². The zero-order valence-electron chi connectivity index (χ0n) is 31.4. The SMILES string of the molecule is CCCCC(CC)Cn1/c(=N/CC(C)C)sc2cc(N=N)c(OCC(CCC(C)CC(C)(C)C)CCC(C)CC(C)(C)C)cc21. The Hall–Kier alpha value is -1.69. The number of nitrogens with zero attached hydrogens (tertiary/aromatic N) is 3. The van der Waals surface area contributed by atoms with Crippen LogP contribution in [-0.2, 0) is 6.54 Å². The second-order valence-corrected chi connectivity index (χ2v) is 18.1. The predicted molar refractivity (Wildman–Crippen MR) is 197 cm³/mol. The minimum Gasteiger partial charge on any atom is -0.491 e. The van der Waals surface area contributed by atoms with Crippen molar-refractivity contribution in [2.75, 3.05) is 13.2 Å². The number of hydrogen-bond acceptors (Lipinski definition) is 5. The molecule has 0 fully saturated rings. The number of ether oxygens (including phenoxy) is 1. The summed E-state index contributed by atoms with van der Waals surface area (Å²) in [5.74, 6) is 3.78. The Morgan fingerprint density at radius 1 is 0.844 bits per heavy atom. The van der Waals surface area contributed by atoms with E-state index >= 15 is 0 Å². The van der Waals surface area contributed by atoms with Crippen LogP contribution < -0.4 is 9.54 Å². The van der Waals surface area contributed by atoms with Gasteiger partial charge in [0.2, 0.25) is 0 Å². The molecule has 0 spiro atoms. The number of benzene rings is 1. The number of unbranched alkanes of at least 4 members (excludes halogenated alkanes) is 1. The van der Waals surface area contributed by atoms with Gasteiger partial charge in [-0.2, -0.15) is 5.11 Å². The zero-order chi connectivity index (χ0) is 33.8. The standard InChI is InChI=1S/C39H70N4OS/c1-13-15-16-31(14-2)26-43-34-22-35(33(42-40)21-36(34)45-37(43)41-25-28(3)4)44-27-32(19-17-29(5)23-38(7,8)9)20-18-30(6)24-39(10,11)12/h21-22,28-32,40H,13-20,23-27H2,1-12H3/b41-37-,42-40?. The largest absolute Gasteiger partial charge is 0.491 e. The molecule has 0 aliphatic heterocycles. The van der Waals surface area contributed by atoms with Crippen molar-refractivity contribution < 1.29 is 4.74 Å². The van der Waals surface area contributed by atoms with E-state index in [-0.39, 0.29) is 0 Å². The number of fused-ring (bicyclic) bond motifs is 1. The van der Waals surface area contributed by atoms with Crippen molar-refractivity contribution in [1.82, 2.24) is 4.57 Å². The fraction of sp³-hybridized carbons (Fsp3) is 0.821. The molecule has 3 atom stereocenters. The maximum Gasteiger partial charge on any atom is 0.185 e. The van der Waals surface area contributed by atoms with E-state index in [1.54, 1.807) is 11.3 Å². The van der Waals surface area contributed by atoms with Crippen molar-refractivity contribution in [3.8, 4) is 5.75 Å². The summed E-state index contributed by atoms with van der Waals surface area (Å²) in [5, 5.41) is 3.95. The van der Waals surface area contributed by atoms with Gasteiger partial charge in [-0.3, -0.25) is 4.99 Å². The molecular weight excluding hydrogens is 573 g/mol. The molecule has 5 nitrogen and oxygen atoms in total. The quantitative estimate of drug-likeness (QED) is 0.143. The minimum absolute atomic E-state index is 0.357. The fourth-order valence-corrected chi connectivity index (χ4v) is 7.94. The minimum atomic E-state index is 0.357. The number of rotatable bonds is 20. The van der Waals surface area contributed by atoms with Crippen LogP contribution in [0.1, 0.15) is 147 Å². The number of thiazole rings is 1. The second kappa shape index (κ2) is 18.6. The first kappa shape index (κ1) is 39.5. The first-order valence-corrected chi connectivity index (χ1v) is 19.0. The lowest BCUT2D eigenvalue weighted by Crippen LogP contribution is -2.21. The molecule has 0 saturated heterocycles. The third kappa shape index (κ3) is 14.7. The highest BCUT2D eigenvalue weighted by Gasteiger charge is 2.22. The van der Waals surface area contributed by atoms with Gasteiger partial charge in [-0.1, -0.05) is 127 Å². The summed E-state index contributed by atoms with van der Waals surface area (Å²) in [6.45, 7) is 30.5. The van der Waals surface area contributed by atoms with Gasteiger partial charge in [0.15, 0.2) is 4.80 Å². The molecule has 6 heteroatoms. The van der Waals surface area contributed by atoms with E-state index < -0.39 is 0 Å². The lowest BCUT2D eigenvalue weighted by molar-refractivity contribution is 0.199. The van der Waals surface area contributed by atoms with Gasteiger partial charge in [-0.15, -0.1) is 0 Å². The van der Waals surface area contributed by atoms with Gasteiger partial charge in [0, 0.05) is 19.2 Å². The first-order valence-electron chi connectivity index (χ1n) is 18.2. The summed E-state index contributed by atoms with van der Waals surface area (Å²) in [5.41, 5.74) is 10.5. The van der Waals surface area contributed by atoms with E-state index in [4.69, 9.17) is 15.3 Å². The maximum absolute atomic E-state index is 8.02. The molecule has 1 heterocycles. The third-order valence-corrected chi connectivity index (χ3v) is 10.1. The third-order valence-electron chi connectivity index (χ3n) is 8.99. The Kier molecular flexibility index (Phi) is 16.3. The van der Waals surface area contributed by atoms with E-state index in [1.165, 1.54) is 69.7 Å². The molecule has 0 aliphatic rings. The number of hydrogen-bond donors (Lipinski definition) is 1. The molecular formula is C39H70N4OS. The lowest BCUT2D eigenvalue weighted by Gasteiger charge is -2.27. The molecule has 258 valence electrons. The van der Waals surface area contributed by atoms with E-state index in [0.717, 1.165) is 28.3 Å². The summed E-state index contributed by atoms with van der Waals surface area (Å²) in [6.07, 6.45) is 12.2. The van der Waals surface area contributed by atoms with Gasteiger partial charge in [0.1, 0.15) is 11.4 Å². The maximum atomic E-state index is 8.02. The smallest absolute Gasteiger partial charge is 0.185 e. The number of nitrogens with one attached hydrogen (secondary N) is 1. The Balaban J connectivity index is 2.39. The predicted octanol–water partition coefficient (Wildman–Crippen LogP) is 12.8. The average molecular weight is 643 g/mol. The van der Waals surface area contributed by atoms with Crippen molar-refractivity contribution in [1.29, 1.82) is 5.53 Å². The molecule has 3 unspecified atom stereocenters. The van der Waals surface area contributed by atoms with Crippen LogP contribution >= 0.6 is 11.3 Å². The van der Waals surface area contributed by atoms with Gasteiger partial charge in [0.25, 0.3) is 0 Å². The van der Waals surface area contributed by atoms with Crippen LogP contribution in [0.25, 0.3) is 10.2 Å². The zero-order valence-corrected chi connectivity index (χ0v) is 32.2. The van der Waals surface area contributed by atoms with E-state index in [2.05, 4.69) is 105 Å². The van der Waals surface area contributed by atoms with Crippen molar-refractivity contribution in [3.63, 3.8) is 0 Å². The molecule has 1 aromatic carbocycles. The van der Waals surface area contributed by atoms with Crippen LogP contribution in [0.15, 0.2) is 22.2 Å². The number of aromatic nitrogens is 1. The highest BCUT2D eigenvalue weighted by Crippen LogP contribution is 2.36. The lowest BCUT2D eigenvalue weighted by atomic mass is 9.80. The van der Waals surface area contributed by atoms with Gasteiger partial charge < -0.3 is 9.30 Å². The Morgan fingerprint density at radius 3 is 1.93 bits per heavy atom. The molecule has 0 radical (unpaired) electrons. The highest BCUT2D eigenvalue weighted by molar-refractivity contribution is 7.16. The molecule has 45 heavy (non-hydrogen) atoms. The van der Waals surface area contributed by atoms with Gasteiger partial charge in [0.05, 0.1) is 16.8 Å². The molecule has 0 saturated carbocycles. The molecule has 0 aliphatic carbocycles. The summed E-state index contributed by atoms with van der Waals surface area (Å²) in [6, 6.07) is 4.23. The summed E-state index contributed by atoms with van der Waals surface area (Å²) in [4.78, 5) is 6.15. The van der Waals surface area contributed by atoms with Gasteiger partial charge in [-0.05, 0) is 78.6 Å². The summed E-state index contributed by atoms with van der Waals surface area (Å²) < 4.78 is 10.3. The Bertz CT molecular complexity index is 1190. The van der Waals surface area contributed by atoms with Crippen LogP contribution in [0.2, 0.25) is 0 Å². The molecule has 1 aromatic heterocycles. The van der Waals surface area contributed by atoms with Gasteiger partial charge >= 0.3 is 0 Å². The fourth-order valence-electron chi connectivity index (χ4n) is 6.87. The molecule has 2 rings (SSSR count). The molecule has 0 amide bonds. The van der Waals surface area contributed by atoms with Crippen LogP contribution in [0.4, 0.5) is 5.69 Å². The van der Waals surface area contributed by atoms with E-state index in [9.17, 15) is 0 Å². The molecule has 0 bridgehead atoms. The first-order chi connectivity index (χ1) is 21.0. The highest BCUT2D eigenvalue weighted by atomic mass is 32.1. The summed E-state index contributed by atoms with van der Waals surface area (Å²) >= 11 is 1.73. The van der Waals surface area contributed by atoms with Gasteiger partial charge in [-0.25, -0.2) is 5.53 Å². The Labute approximate surface area is 281 Å². The van der Waals surface area contributed by atoms with Crippen LogP contribution in [-0.4, -0.2) is 17.7 Å². The van der Waals surface area contributed by atoms with Crippen LogP contribution in [0.5, 0.6) is 5.75 Å². The Morgan fingerprint density at radius 2 is 1.44 bits per heavy atom. The van der Waals surface area contributed by atoms with E-state index in [0.29, 0.717) is 52.7 Å². The normalized spacial score (nSPS) is 15.9. The van der Waals surface area contributed by atoms with E-state index in [1.807, 2.05) is 0 Å². The average Bonchev–Trinajstić information content (AvgIpc) is 3.26. The van der Waals surface area contributed by atoms with Crippen molar-refractivity contribution in [2.24, 2.45) is 50.5 Å². The van der Waals surface area contributed by atoms with Crippen LogP contribution in [0.3, 0.4) is 0 Å². The topological polar surface area (TPSA) is 62.7 Å².